The summed E-state index contributed by atoms with van der Waals surface area (Å²) in [6.07, 6.45) is 0. The van der Waals surface area contributed by atoms with Crippen molar-refractivity contribution in [3.8, 4) is 23.0 Å². The Kier molecular flexibility index (Phi) is 7.57. The fourth-order valence-electron chi connectivity index (χ4n) is 2.39. The van der Waals surface area contributed by atoms with Gasteiger partial charge in [-0.15, -0.1) is 0 Å². The molecular weight excluding hydrogens is 327 g/mol. The van der Waals surface area contributed by atoms with Crippen LogP contribution in [-0.4, -0.2) is 35.7 Å². The maximum atomic E-state index is 13.1. The van der Waals surface area contributed by atoms with Gasteiger partial charge in [0.25, 0.3) is 0 Å². The Balaban J connectivity index is 2.44. The van der Waals surface area contributed by atoms with Gasteiger partial charge in [-0.05, 0) is 24.3 Å². The van der Waals surface area contributed by atoms with Gasteiger partial charge in [-0.2, -0.15) is 0 Å². The minimum atomic E-state index is -0.224. The van der Waals surface area contributed by atoms with Gasteiger partial charge < -0.3 is 18.6 Å². The maximum Gasteiger partial charge on any atom is 0.366 e. The van der Waals surface area contributed by atoms with Crippen LogP contribution in [0.3, 0.4) is 0 Å². The lowest BCUT2D eigenvalue weighted by atomic mass is 9.98. The second kappa shape index (κ2) is 9.90. The molecule has 0 saturated heterocycles. The minimum Gasteiger partial charge on any atom is -0.563 e. The van der Waals surface area contributed by atoms with E-state index in [1.807, 2.05) is 0 Å². The van der Waals surface area contributed by atoms with Crippen LogP contribution in [0.2, 0.25) is 27.3 Å². The first-order chi connectivity index (χ1) is 12.6. The van der Waals surface area contributed by atoms with E-state index in [2.05, 4.69) is 0 Å². The van der Waals surface area contributed by atoms with Crippen molar-refractivity contribution in [2.24, 2.45) is 0 Å². The van der Waals surface area contributed by atoms with E-state index < -0.39 is 0 Å². The number of rotatable bonds is 10. The first-order valence-corrected chi connectivity index (χ1v) is 8.25. The van der Waals surface area contributed by atoms with Gasteiger partial charge in [0.15, 0.2) is 5.78 Å². The van der Waals surface area contributed by atoms with Crippen LogP contribution in [0.5, 0.6) is 23.0 Å². The van der Waals surface area contributed by atoms with Crippen molar-refractivity contribution in [3.63, 3.8) is 0 Å². The van der Waals surface area contributed by atoms with Crippen LogP contribution in [-0.2, 0) is 0 Å². The Hall–Kier alpha value is -2.43. The zero-order valence-electron chi connectivity index (χ0n) is 15.3. The van der Waals surface area contributed by atoms with E-state index in [-0.39, 0.29) is 5.78 Å². The molecule has 0 saturated carbocycles. The lowest BCUT2D eigenvalue weighted by Crippen LogP contribution is -2.10. The molecule has 2 rings (SSSR count). The normalized spacial score (nSPS) is 9.69. The van der Waals surface area contributed by atoms with Crippen LogP contribution >= 0.6 is 0 Å². The molecule has 0 bridgehead atoms. The SMILES string of the molecule is C[B]Oc1ccc(C(=O)c2ccc(O[B]C)cc2O[B]C)c(O[B]C)c1. The number of carbonyl (C=O) groups excluding carboxylic acids is 1. The molecule has 0 spiro atoms. The van der Waals surface area contributed by atoms with Crippen molar-refractivity contribution >= 4 is 35.7 Å². The lowest BCUT2D eigenvalue weighted by molar-refractivity contribution is 0.103. The predicted molar refractivity (Wildman–Crippen MR) is 105 cm³/mol. The average Bonchev–Trinajstić information content (AvgIpc) is 2.63. The molecule has 0 heterocycles. The molecule has 0 atom stereocenters. The summed E-state index contributed by atoms with van der Waals surface area (Å²) in [6, 6.07) is 10.1. The number of hydrogen-bond donors (Lipinski definition) is 0. The number of benzene rings is 2. The third-order valence-corrected chi connectivity index (χ3v) is 3.39. The Morgan fingerprint density at radius 1 is 0.654 bits per heavy atom. The highest BCUT2D eigenvalue weighted by atomic mass is 16.4. The summed E-state index contributed by atoms with van der Waals surface area (Å²) in [4.78, 5) is 13.1. The van der Waals surface area contributed by atoms with Crippen LogP contribution in [0.15, 0.2) is 36.4 Å². The summed E-state index contributed by atoms with van der Waals surface area (Å²) in [5, 5.41) is 0. The first-order valence-electron chi connectivity index (χ1n) is 8.25. The molecule has 0 amide bonds. The molecule has 2 aromatic carbocycles. The van der Waals surface area contributed by atoms with E-state index in [1.54, 1.807) is 78.7 Å². The smallest absolute Gasteiger partial charge is 0.366 e. The second-order valence-corrected chi connectivity index (χ2v) is 5.06. The van der Waals surface area contributed by atoms with E-state index in [1.165, 1.54) is 15.0 Å². The standard InChI is InChI=1S/C17H18B4O5/c1-18-23-11-5-7-13(15(9-11)25-20-3)17(22)14-8-6-12(24-19-2)10-16(14)26-21-4/h5-10H,1-4H3. The highest BCUT2D eigenvalue weighted by Crippen LogP contribution is 2.31. The molecule has 0 N–H and O–H groups in total. The molecule has 5 nitrogen and oxygen atoms in total. The fourth-order valence-corrected chi connectivity index (χ4v) is 2.39. The monoisotopic (exact) mass is 346 g/mol. The first kappa shape index (κ1) is 19.9. The zero-order chi connectivity index (χ0) is 18.9. The second-order valence-electron chi connectivity index (χ2n) is 5.06. The molecule has 2 aromatic rings. The summed E-state index contributed by atoms with van der Waals surface area (Å²) in [5.74, 6) is 1.76. The molecule has 0 fully saturated rings. The summed E-state index contributed by atoms with van der Waals surface area (Å²) >= 11 is 0. The summed E-state index contributed by atoms with van der Waals surface area (Å²) in [7, 11) is 6.14. The maximum absolute atomic E-state index is 13.1. The molecule has 0 aliphatic rings. The molecule has 0 unspecified atom stereocenters. The highest BCUT2D eigenvalue weighted by molar-refractivity contribution is 6.28. The Bertz CT molecular complexity index is 692. The van der Waals surface area contributed by atoms with E-state index in [0.29, 0.717) is 34.1 Å². The van der Waals surface area contributed by atoms with Gasteiger partial charge in [0.1, 0.15) is 23.0 Å². The van der Waals surface area contributed by atoms with E-state index in [4.69, 9.17) is 18.6 Å². The Labute approximate surface area is 157 Å². The van der Waals surface area contributed by atoms with Crippen molar-refractivity contribution in [1.82, 2.24) is 0 Å². The van der Waals surface area contributed by atoms with Crippen LogP contribution in [0.1, 0.15) is 15.9 Å². The predicted octanol–water partition coefficient (Wildman–Crippen LogP) is 3.10. The van der Waals surface area contributed by atoms with Crippen molar-refractivity contribution in [2.45, 2.75) is 27.3 Å². The Morgan fingerprint density at radius 3 is 1.38 bits per heavy atom. The summed E-state index contributed by atoms with van der Waals surface area (Å²) in [6.45, 7) is 7.02. The largest absolute Gasteiger partial charge is 0.563 e. The van der Waals surface area contributed by atoms with Crippen LogP contribution in [0.25, 0.3) is 0 Å². The van der Waals surface area contributed by atoms with Crippen molar-refractivity contribution < 1.29 is 23.4 Å². The zero-order valence-corrected chi connectivity index (χ0v) is 15.3. The van der Waals surface area contributed by atoms with Gasteiger partial charge in [-0.1, -0.05) is 27.3 Å². The molecule has 9 heteroatoms. The van der Waals surface area contributed by atoms with Gasteiger partial charge in [0, 0.05) is 12.1 Å². The average molecular weight is 346 g/mol. The van der Waals surface area contributed by atoms with Crippen LogP contribution in [0, 0.1) is 0 Å². The van der Waals surface area contributed by atoms with Crippen LogP contribution in [0.4, 0.5) is 0 Å². The fraction of sp³-hybridized carbons (Fsp3) is 0.235. The van der Waals surface area contributed by atoms with Crippen molar-refractivity contribution in [1.29, 1.82) is 0 Å². The highest BCUT2D eigenvalue weighted by Gasteiger charge is 2.20. The number of carbonyl (C=O) groups is 1. The summed E-state index contributed by atoms with van der Waals surface area (Å²) in [5.41, 5.74) is 0.812. The van der Waals surface area contributed by atoms with Crippen molar-refractivity contribution in [2.75, 3.05) is 0 Å². The van der Waals surface area contributed by atoms with Crippen LogP contribution < -0.4 is 18.6 Å². The summed E-state index contributed by atoms with van der Waals surface area (Å²) < 4.78 is 21.7. The molecule has 26 heavy (non-hydrogen) atoms. The van der Waals surface area contributed by atoms with E-state index in [0.717, 1.165) is 0 Å². The minimum absolute atomic E-state index is 0.224. The van der Waals surface area contributed by atoms with Gasteiger partial charge in [-0.3, -0.25) is 4.79 Å². The van der Waals surface area contributed by atoms with Gasteiger partial charge >= 0.3 is 29.9 Å². The van der Waals surface area contributed by atoms with E-state index >= 15 is 0 Å². The molecule has 0 aliphatic carbocycles. The van der Waals surface area contributed by atoms with Gasteiger partial charge in [0.05, 0.1) is 11.1 Å². The van der Waals surface area contributed by atoms with E-state index in [9.17, 15) is 4.79 Å². The number of hydrogen-bond acceptors (Lipinski definition) is 5. The molecule has 0 aliphatic heterocycles. The van der Waals surface area contributed by atoms with Gasteiger partial charge in [-0.25, -0.2) is 0 Å². The number of ketones is 1. The quantitative estimate of drug-likeness (QED) is 0.489. The molecule has 4 radical (unpaired) electrons. The third-order valence-electron chi connectivity index (χ3n) is 3.39. The molecular formula is C17H18B4O5. The lowest BCUT2D eigenvalue weighted by Gasteiger charge is -2.15. The molecule has 128 valence electrons. The topological polar surface area (TPSA) is 54.0 Å². The van der Waals surface area contributed by atoms with Gasteiger partial charge in [0.2, 0.25) is 0 Å². The Morgan fingerprint density at radius 2 is 1.04 bits per heavy atom. The third kappa shape index (κ3) is 4.81. The molecule has 0 aromatic heterocycles. The van der Waals surface area contributed by atoms with Crippen molar-refractivity contribution in [3.05, 3.63) is 47.5 Å².